The van der Waals surface area contributed by atoms with Crippen LogP contribution in [-0.4, -0.2) is 27.6 Å². The number of pyridine rings is 2. The van der Waals surface area contributed by atoms with Crippen molar-refractivity contribution in [2.24, 2.45) is 0 Å². The van der Waals surface area contributed by atoms with Gasteiger partial charge in [0.15, 0.2) is 0 Å². The molecule has 0 aliphatic heterocycles. The van der Waals surface area contributed by atoms with E-state index < -0.39 is 0 Å². The van der Waals surface area contributed by atoms with E-state index in [4.69, 9.17) is 5.11 Å². The van der Waals surface area contributed by atoms with Gasteiger partial charge in [-0.2, -0.15) is 0 Å². The summed E-state index contributed by atoms with van der Waals surface area (Å²) in [6, 6.07) is 7.78. The largest absolute Gasteiger partial charge is 0.395 e. The average Bonchev–Trinajstić information content (AvgIpc) is 2.48. The minimum Gasteiger partial charge on any atom is -0.395 e. The van der Waals surface area contributed by atoms with Gasteiger partial charge in [-0.1, -0.05) is 12.0 Å². The number of carbonyl (C=O) groups excluding carboxylic acids is 1. The van der Waals surface area contributed by atoms with Crippen LogP contribution >= 0.6 is 0 Å². The van der Waals surface area contributed by atoms with Crippen LogP contribution in [0.25, 0.3) is 0 Å². The highest BCUT2D eigenvalue weighted by Crippen LogP contribution is 2.06. The lowest BCUT2D eigenvalue weighted by Crippen LogP contribution is -2.15. The Hall–Kier alpha value is -2.91. The molecule has 0 saturated carbocycles. The minimum absolute atomic E-state index is 0.00433. The number of aliphatic hydroxyl groups is 1. The lowest BCUT2D eigenvalue weighted by atomic mass is 10.2. The average molecular weight is 283 g/mol. The van der Waals surface area contributed by atoms with Crippen molar-refractivity contribution in [1.29, 1.82) is 0 Å². The summed E-state index contributed by atoms with van der Waals surface area (Å²) >= 11 is 0. The van der Waals surface area contributed by atoms with E-state index in [0.29, 0.717) is 23.5 Å². The van der Waals surface area contributed by atoms with Gasteiger partial charge in [0.25, 0.3) is 5.91 Å². The lowest BCUT2D eigenvalue weighted by Gasteiger charge is -2.04. The number of amides is 1. The van der Waals surface area contributed by atoms with Crippen molar-refractivity contribution in [3.8, 4) is 11.8 Å². The molecule has 0 saturated heterocycles. The van der Waals surface area contributed by atoms with Crippen molar-refractivity contribution >= 4 is 11.7 Å². The molecule has 2 aromatic heterocycles. The summed E-state index contributed by atoms with van der Waals surface area (Å²) in [6.45, 7) is -0.00433. The first-order valence-electron chi connectivity index (χ1n) is 6.26. The van der Waals surface area contributed by atoms with Gasteiger partial charge in [0.05, 0.1) is 12.2 Å². The van der Waals surface area contributed by atoms with Crippen LogP contribution in [-0.2, 0) is 0 Å². The molecule has 0 aliphatic carbocycles. The highest BCUT2D eigenvalue weighted by molar-refractivity contribution is 6.03. The zero-order valence-corrected chi connectivity index (χ0v) is 11.1. The summed E-state index contributed by atoms with van der Waals surface area (Å²) in [6.07, 6.45) is 1.71. The van der Waals surface area contributed by atoms with Gasteiger partial charge in [0, 0.05) is 18.7 Å². The normalized spacial score (nSPS) is 9.57. The quantitative estimate of drug-likeness (QED) is 0.725. The third-order valence-electron chi connectivity index (χ3n) is 2.49. The van der Waals surface area contributed by atoms with Gasteiger partial charge in [0.1, 0.15) is 11.5 Å². The summed E-state index contributed by atoms with van der Waals surface area (Å²) in [5.41, 5.74) is 0.557. The predicted molar refractivity (Wildman–Crippen MR) is 77.8 cm³/mol. The fourth-order valence-corrected chi connectivity index (χ4v) is 1.52. The molecule has 0 aliphatic rings. The summed E-state index contributed by atoms with van der Waals surface area (Å²) in [5, 5.41) is 11.3. The van der Waals surface area contributed by atoms with Gasteiger partial charge < -0.3 is 15.4 Å². The number of hydrogen-bond acceptors (Lipinski definition) is 4. The van der Waals surface area contributed by atoms with Crippen molar-refractivity contribution in [2.75, 3.05) is 11.9 Å². The second kappa shape index (κ2) is 7.03. The number of H-pyrrole nitrogens is 1. The zero-order valence-electron chi connectivity index (χ0n) is 11.1. The second-order valence-corrected chi connectivity index (χ2v) is 4.08. The Bertz CT molecular complexity index is 736. The first kappa shape index (κ1) is 14.5. The summed E-state index contributed by atoms with van der Waals surface area (Å²) < 4.78 is 0. The summed E-state index contributed by atoms with van der Waals surface area (Å²) in [7, 11) is 0. The first-order valence-corrected chi connectivity index (χ1v) is 6.26. The monoisotopic (exact) mass is 283 g/mol. The molecular weight excluding hydrogens is 270 g/mol. The van der Waals surface area contributed by atoms with Gasteiger partial charge in [-0.15, -0.1) is 0 Å². The Labute approximate surface area is 120 Å². The van der Waals surface area contributed by atoms with E-state index in [0.717, 1.165) is 0 Å². The number of anilines is 1. The third kappa shape index (κ3) is 4.30. The summed E-state index contributed by atoms with van der Waals surface area (Å²) in [4.78, 5) is 29.5. The molecule has 0 bridgehead atoms. The van der Waals surface area contributed by atoms with Crippen molar-refractivity contribution in [2.45, 2.75) is 6.42 Å². The van der Waals surface area contributed by atoms with Gasteiger partial charge in [-0.25, -0.2) is 4.98 Å². The van der Waals surface area contributed by atoms with E-state index in [2.05, 4.69) is 27.1 Å². The Kier molecular flexibility index (Phi) is 4.85. The lowest BCUT2D eigenvalue weighted by molar-refractivity contribution is 0.102. The van der Waals surface area contributed by atoms with Crippen LogP contribution in [0.15, 0.2) is 41.3 Å². The van der Waals surface area contributed by atoms with Crippen molar-refractivity contribution < 1.29 is 9.90 Å². The van der Waals surface area contributed by atoms with E-state index >= 15 is 0 Å². The van der Waals surface area contributed by atoms with Gasteiger partial charge >= 0.3 is 0 Å². The molecule has 0 atom stereocenters. The zero-order chi connectivity index (χ0) is 15.1. The molecule has 0 spiro atoms. The molecule has 0 radical (unpaired) electrons. The number of aromatic nitrogens is 2. The minimum atomic E-state index is -0.376. The van der Waals surface area contributed by atoms with Crippen molar-refractivity contribution in [1.82, 2.24) is 9.97 Å². The SMILES string of the molecule is O=C(Nc1cccc(C#CCCO)n1)c1ccc(=O)[nH]c1. The van der Waals surface area contributed by atoms with Gasteiger partial charge in [-0.3, -0.25) is 9.59 Å². The highest BCUT2D eigenvalue weighted by Gasteiger charge is 2.06. The van der Waals surface area contributed by atoms with Crippen LogP contribution in [0.1, 0.15) is 22.5 Å². The van der Waals surface area contributed by atoms with Gasteiger partial charge in [0.2, 0.25) is 5.56 Å². The fourth-order valence-electron chi connectivity index (χ4n) is 1.52. The number of carbonyl (C=O) groups is 1. The summed E-state index contributed by atoms with van der Waals surface area (Å²) in [5.74, 6) is 5.53. The number of hydrogen-bond donors (Lipinski definition) is 3. The molecule has 21 heavy (non-hydrogen) atoms. The Morgan fingerprint density at radius 3 is 2.90 bits per heavy atom. The number of nitrogens with one attached hydrogen (secondary N) is 2. The number of rotatable bonds is 3. The van der Waals surface area contributed by atoms with E-state index in [1.165, 1.54) is 18.3 Å². The molecule has 2 heterocycles. The number of aromatic amines is 1. The molecule has 3 N–H and O–H groups in total. The topological polar surface area (TPSA) is 95.1 Å². The number of aliphatic hydroxyl groups excluding tert-OH is 1. The maximum absolute atomic E-state index is 12.0. The van der Waals surface area contributed by atoms with Crippen molar-refractivity contribution in [3.05, 3.63) is 58.1 Å². The van der Waals surface area contributed by atoms with E-state index in [1.54, 1.807) is 18.2 Å². The smallest absolute Gasteiger partial charge is 0.258 e. The van der Waals surface area contributed by atoms with Crippen LogP contribution in [0.3, 0.4) is 0 Å². The molecule has 6 heteroatoms. The van der Waals surface area contributed by atoms with Crippen LogP contribution < -0.4 is 10.9 Å². The van der Waals surface area contributed by atoms with Crippen molar-refractivity contribution in [3.63, 3.8) is 0 Å². The molecule has 2 aromatic rings. The number of nitrogens with zero attached hydrogens (tertiary/aromatic N) is 1. The Morgan fingerprint density at radius 1 is 1.33 bits per heavy atom. The van der Waals surface area contributed by atoms with Crippen LogP contribution in [0.5, 0.6) is 0 Å². The second-order valence-electron chi connectivity index (χ2n) is 4.08. The molecule has 2 rings (SSSR count). The van der Waals surface area contributed by atoms with E-state index in [1.807, 2.05) is 0 Å². The molecule has 0 unspecified atom stereocenters. The standard InChI is InChI=1S/C15H13N3O3/c19-9-2-1-4-12-5-3-6-13(17-12)18-15(21)11-7-8-14(20)16-10-11/h3,5-8,10,19H,2,9H2,(H,16,20)(H,17,18,21). The molecular formula is C15H13N3O3. The van der Waals surface area contributed by atoms with Gasteiger partial charge in [-0.05, 0) is 24.1 Å². The van der Waals surface area contributed by atoms with Crippen LogP contribution in [0.2, 0.25) is 0 Å². The van der Waals surface area contributed by atoms with Crippen LogP contribution in [0.4, 0.5) is 5.82 Å². The van der Waals surface area contributed by atoms with E-state index in [-0.39, 0.29) is 18.1 Å². The third-order valence-corrected chi connectivity index (χ3v) is 2.49. The molecule has 0 aromatic carbocycles. The molecule has 0 fully saturated rings. The van der Waals surface area contributed by atoms with E-state index in [9.17, 15) is 9.59 Å². The predicted octanol–water partition coefficient (Wildman–Crippen LogP) is 0.756. The molecule has 6 nitrogen and oxygen atoms in total. The Balaban J connectivity index is 2.11. The first-order chi connectivity index (χ1) is 10.2. The maximum Gasteiger partial charge on any atom is 0.258 e. The Morgan fingerprint density at radius 2 is 2.19 bits per heavy atom. The fraction of sp³-hybridized carbons (Fsp3) is 0.133. The maximum atomic E-state index is 12.0. The molecule has 106 valence electrons. The van der Waals surface area contributed by atoms with Crippen LogP contribution in [0, 0.1) is 11.8 Å². The molecule has 1 amide bonds. The highest BCUT2D eigenvalue weighted by atomic mass is 16.2.